The van der Waals surface area contributed by atoms with Crippen LogP contribution in [0.5, 0.6) is 5.75 Å². The van der Waals surface area contributed by atoms with Gasteiger partial charge in [-0.25, -0.2) is 9.18 Å². The van der Waals surface area contributed by atoms with Crippen molar-refractivity contribution >= 4 is 6.09 Å². The quantitative estimate of drug-likeness (QED) is 0.745. The normalized spacial score (nSPS) is 18.7. The van der Waals surface area contributed by atoms with Crippen LogP contribution in [0.4, 0.5) is 9.18 Å². The minimum Gasteiger partial charge on any atom is -0.497 e. The minimum absolute atomic E-state index is 0.327. The molecule has 2 aromatic carbocycles. The molecule has 0 spiro atoms. The number of amides is 1. The van der Waals surface area contributed by atoms with Crippen molar-refractivity contribution in [3.8, 4) is 17.0 Å². The lowest BCUT2D eigenvalue weighted by Gasteiger charge is -2.18. The van der Waals surface area contributed by atoms with Crippen molar-refractivity contribution in [3.63, 3.8) is 0 Å². The Balaban J connectivity index is 1.70. The van der Waals surface area contributed by atoms with E-state index in [1.54, 1.807) is 25.3 Å². The van der Waals surface area contributed by atoms with E-state index in [4.69, 9.17) is 9.47 Å². The fraction of sp³-hybridized carbons (Fsp3) is 0.143. The molecule has 6 heteroatoms. The van der Waals surface area contributed by atoms with E-state index >= 15 is 0 Å². The van der Waals surface area contributed by atoms with Crippen LogP contribution in [0.25, 0.3) is 11.3 Å². The van der Waals surface area contributed by atoms with E-state index in [2.05, 4.69) is 10.3 Å². The summed E-state index contributed by atoms with van der Waals surface area (Å²) in [4.78, 5) is 16.5. The summed E-state index contributed by atoms with van der Waals surface area (Å²) >= 11 is 0. The Morgan fingerprint density at radius 2 is 1.89 bits per heavy atom. The number of methoxy groups -OCH3 is 1. The molecule has 0 bridgehead atoms. The molecule has 27 heavy (non-hydrogen) atoms. The van der Waals surface area contributed by atoms with Gasteiger partial charge >= 0.3 is 6.09 Å². The number of ether oxygens (including phenoxy) is 2. The van der Waals surface area contributed by atoms with Crippen LogP contribution in [0.2, 0.25) is 0 Å². The first kappa shape index (κ1) is 17.0. The molecule has 1 fully saturated rings. The van der Waals surface area contributed by atoms with Gasteiger partial charge in [-0.05, 0) is 42.0 Å². The van der Waals surface area contributed by atoms with E-state index in [1.165, 1.54) is 12.1 Å². The van der Waals surface area contributed by atoms with Crippen molar-refractivity contribution in [3.05, 3.63) is 83.8 Å². The molecule has 1 aliphatic heterocycles. The number of nitrogens with one attached hydrogen (secondary N) is 1. The van der Waals surface area contributed by atoms with Crippen molar-refractivity contribution < 1.29 is 18.7 Å². The number of hydrogen-bond acceptors (Lipinski definition) is 4. The second kappa shape index (κ2) is 7.07. The van der Waals surface area contributed by atoms with Gasteiger partial charge in [-0.2, -0.15) is 0 Å². The second-order valence-corrected chi connectivity index (χ2v) is 6.18. The second-order valence-electron chi connectivity index (χ2n) is 6.18. The van der Waals surface area contributed by atoms with Crippen LogP contribution in [0, 0.1) is 5.82 Å². The number of hydrogen-bond donors (Lipinski definition) is 1. The van der Waals surface area contributed by atoms with Gasteiger partial charge in [0, 0.05) is 5.56 Å². The predicted molar refractivity (Wildman–Crippen MR) is 97.7 cm³/mol. The molecule has 1 amide bonds. The van der Waals surface area contributed by atoms with Gasteiger partial charge in [0.05, 0.1) is 18.5 Å². The lowest BCUT2D eigenvalue weighted by atomic mass is 9.99. The van der Waals surface area contributed by atoms with Gasteiger partial charge in [0.2, 0.25) is 0 Å². The summed E-state index contributed by atoms with van der Waals surface area (Å²) in [6.07, 6.45) is -1.05. The van der Waals surface area contributed by atoms with Gasteiger partial charge in [-0.15, -0.1) is 0 Å². The summed E-state index contributed by atoms with van der Waals surface area (Å²) in [6.45, 7) is 0. The Bertz CT molecular complexity index is 992. The summed E-state index contributed by atoms with van der Waals surface area (Å²) < 4.78 is 24.3. The zero-order valence-corrected chi connectivity index (χ0v) is 14.6. The SMILES string of the molecule is COc1cccc([C@H]2OC(=O)N[C@@H]2c2cccc(-c3cccc(F)c3)n2)c1. The van der Waals surface area contributed by atoms with Crippen molar-refractivity contribution in [1.29, 1.82) is 0 Å². The first-order chi connectivity index (χ1) is 13.1. The number of benzene rings is 2. The Morgan fingerprint density at radius 3 is 2.70 bits per heavy atom. The Labute approximate surface area is 155 Å². The van der Waals surface area contributed by atoms with Gasteiger partial charge in [0.1, 0.15) is 17.6 Å². The summed E-state index contributed by atoms with van der Waals surface area (Å²) in [5.74, 6) is 0.349. The van der Waals surface area contributed by atoms with Gasteiger partial charge in [0.15, 0.2) is 6.10 Å². The number of nitrogens with zero attached hydrogens (tertiary/aromatic N) is 1. The maximum atomic E-state index is 13.5. The lowest BCUT2D eigenvalue weighted by Crippen LogP contribution is -2.20. The first-order valence-corrected chi connectivity index (χ1v) is 8.48. The van der Waals surface area contributed by atoms with E-state index in [0.717, 1.165) is 5.56 Å². The third-order valence-electron chi connectivity index (χ3n) is 4.44. The third-order valence-corrected chi connectivity index (χ3v) is 4.44. The van der Waals surface area contributed by atoms with Crippen LogP contribution in [-0.2, 0) is 4.74 Å². The minimum atomic E-state index is -0.539. The summed E-state index contributed by atoms with van der Waals surface area (Å²) in [7, 11) is 1.58. The zero-order chi connectivity index (χ0) is 18.8. The molecule has 2 heterocycles. The summed E-state index contributed by atoms with van der Waals surface area (Å²) in [5.41, 5.74) is 2.73. The third kappa shape index (κ3) is 3.46. The molecule has 1 N–H and O–H groups in total. The number of pyridine rings is 1. The van der Waals surface area contributed by atoms with Crippen molar-refractivity contribution in [2.24, 2.45) is 0 Å². The molecule has 1 saturated heterocycles. The summed E-state index contributed by atoms with van der Waals surface area (Å²) in [5, 5.41) is 2.81. The van der Waals surface area contributed by atoms with E-state index in [9.17, 15) is 9.18 Å². The molecule has 3 aromatic rings. The van der Waals surface area contributed by atoms with E-state index in [1.807, 2.05) is 36.4 Å². The molecule has 2 atom stereocenters. The number of cyclic esters (lactones) is 1. The standard InChI is InChI=1S/C21H17FN2O3/c1-26-16-8-3-6-14(12-16)20-19(24-21(25)27-20)18-10-4-9-17(23-18)13-5-2-7-15(22)11-13/h2-12,19-20H,1H3,(H,24,25)/t19-,20-/m1/s1. The molecule has 136 valence electrons. The fourth-order valence-electron chi connectivity index (χ4n) is 3.16. The Kier molecular flexibility index (Phi) is 4.46. The Hall–Kier alpha value is -3.41. The van der Waals surface area contributed by atoms with E-state index in [-0.39, 0.29) is 5.82 Å². The number of carbonyl (C=O) groups is 1. The average Bonchev–Trinajstić information content (AvgIpc) is 3.10. The largest absolute Gasteiger partial charge is 0.497 e. The maximum absolute atomic E-state index is 13.5. The maximum Gasteiger partial charge on any atom is 0.408 e. The van der Waals surface area contributed by atoms with Crippen LogP contribution in [0.15, 0.2) is 66.7 Å². The molecule has 0 aliphatic carbocycles. The molecular weight excluding hydrogens is 347 g/mol. The van der Waals surface area contributed by atoms with Crippen LogP contribution in [0.1, 0.15) is 23.4 Å². The highest BCUT2D eigenvalue weighted by Gasteiger charge is 2.37. The van der Waals surface area contributed by atoms with Crippen molar-refractivity contribution in [1.82, 2.24) is 10.3 Å². The molecule has 1 aliphatic rings. The number of carbonyl (C=O) groups excluding carboxylic acids is 1. The topological polar surface area (TPSA) is 60.5 Å². The monoisotopic (exact) mass is 364 g/mol. The zero-order valence-electron chi connectivity index (χ0n) is 14.6. The predicted octanol–water partition coefficient (Wildman–Crippen LogP) is 4.42. The molecule has 0 saturated carbocycles. The fourth-order valence-corrected chi connectivity index (χ4v) is 3.16. The lowest BCUT2D eigenvalue weighted by molar-refractivity contribution is 0.131. The number of alkyl carbamates (subject to hydrolysis) is 1. The van der Waals surface area contributed by atoms with Gasteiger partial charge in [-0.1, -0.05) is 30.3 Å². The Morgan fingerprint density at radius 1 is 1.07 bits per heavy atom. The van der Waals surface area contributed by atoms with Crippen LogP contribution < -0.4 is 10.1 Å². The van der Waals surface area contributed by atoms with Gasteiger partial charge in [-0.3, -0.25) is 4.98 Å². The highest BCUT2D eigenvalue weighted by atomic mass is 19.1. The molecule has 0 unspecified atom stereocenters. The van der Waals surface area contributed by atoms with E-state index in [0.29, 0.717) is 22.7 Å². The molecule has 5 nitrogen and oxygen atoms in total. The van der Waals surface area contributed by atoms with Crippen molar-refractivity contribution in [2.75, 3.05) is 7.11 Å². The number of rotatable bonds is 4. The van der Waals surface area contributed by atoms with E-state index < -0.39 is 18.2 Å². The smallest absolute Gasteiger partial charge is 0.408 e. The molecule has 1 aromatic heterocycles. The first-order valence-electron chi connectivity index (χ1n) is 8.48. The van der Waals surface area contributed by atoms with Gasteiger partial charge < -0.3 is 14.8 Å². The number of aromatic nitrogens is 1. The summed E-state index contributed by atoms with van der Waals surface area (Å²) in [6, 6.07) is 18.6. The van der Waals surface area contributed by atoms with Gasteiger partial charge in [0.25, 0.3) is 0 Å². The number of halogens is 1. The molecule has 4 rings (SSSR count). The average molecular weight is 364 g/mol. The van der Waals surface area contributed by atoms with Crippen LogP contribution in [-0.4, -0.2) is 18.2 Å². The van der Waals surface area contributed by atoms with Crippen LogP contribution in [0.3, 0.4) is 0 Å². The van der Waals surface area contributed by atoms with Crippen LogP contribution >= 0.6 is 0 Å². The van der Waals surface area contributed by atoms with Crippen molar-refractivity contribution in [2.45, 2.75) is 12.1 Å². The molecular formula is C21H17FN2O3. The highest BCUT2D eigenvalue weighted by Crippen LogP contribution is 2.37. The highest BCUT2D eigenvalue weighted by molar-refractivity contribution is 5.71. The molecule has 0 radical (unpaired) electrons.